The van der Waals surface area contributed by atoms with E-state index in [9.17, 15) is 13.5 Å². The number of halogens is 1. The number of aliphatic hydroxyl groups is 1. The van der Waals surface area contributed by atoms with Crippen LogP contribution in [0.15, 0.2) is 59.5 Å². The second-order valence-electron chi connectivity index (χ2n) is 6.66. The van der Waals surface area contributed by atoms with Gasteiger partial charge in [-0.25, -0.2) is 8.42 Å². The predicted molar refractivity (Wildman–Crippen MR) is 106 cm³/mol. The van der Waals surface area contributed by atoms with E-state index < -0.39 is 16.1 Å². The summed E-state index contributed by atoms with van der Waals surface area (Å²) in [6.07, 6.45) is 1.47. The lowest BCUT2D eigenvalue weighted by atomic mass is 10.1. The van der Waals surface area contributed by atoms with Gasteiger partial charge in [-0.15, -0.1) is 0 Å². The number of benzene rings is 2. The predicted octanol–water partition coefficient (Wildman–Crippen LogP) is 3.79. The Bertz CT molecular complexity index is 776. The van der Waals surface area contributed by atoms with E-state index in [-0.39, 0.29) is 17.4 Å². The SMILES string of the molecule is CC(C)CN(C[C@H](O)[CH]Cc1ccccc1)S(=O)(=O)c1ccc(Cl)cc1. The Hall–Kier alpha value is -1.40. The maximum Gasteiger partial charge on any atom is 0.243 e. The highest BCUT2D eigenvalue weighted by Gasteiger charge is 2.27. The van der Waals surface area contributed by atoms with Crippen LogP contribution < -0.4 is 0 Å². The highest BCUT2D eigenvalue weighted by Crippen LogP contribution is 2.20. The molecule has 0 spiro atoms. The summed E-state index contributed by atoms with van der Waals surface area (Å²) in [4.78, 5) is 0.179. The average Bonchev–Trinajstić information content (AvgIpc) is 2.60. The van der Waals surface area contributed by atoms with Crippen LogP contribution in [0.2, 0.25) is 5.02 Å². The zero-order chi connectivity index (χ0) is 19.2. The van der Waals surface area contributed by atoms with Crippen molar-refractivity contribution in [2.24, 2.45) is 5.92 Å². The first kappa shape index (κ1) is 20.9. The van der Waals surface area contributed by atoms with Gasteiger partial charge in [0.2, 0.25) is 10.0 Å². The van der Waals surface area contributed by atoms with Gasteiger partial charge >= 0.3 is 0 Å². The minimum absolute atomic E-state index is 0.0238. The molecule has 6 heteroatoms. The van der Waals surface area contributed by atoms with Gasteiger partial charge in [0.25, 0.3) is 0 Å². The van der Waals surface area contributed by atoms with E-state index in [0.717, 1.165) is 5.56 Å². The van der Waals surface area contributed by atoms with Crippen molar-refractivity contribution < 1.29 is 13.5 Å². The molecule has 1 atom stereocenters. The highest BCUT2D eigenvalue weighted by atomic mass is 35.5. The molecule has 141 valence electrons. The third-order valence-electron chi connectivity index (χ3n) is 3.88. The molecule has 4 nitrogen and oxygen atoms in total. The molecule has 0 bridgehead atoms. The number of sulfonamides is 1. The Kier molecular flexibility index (Phi) is 7.65. The molecule has 2 aromatic carbocycles. The molecule has 0 heterocycles. The quantitative estimate of drug-likeness (QED) is 0.703. The number of hydrogen-bond acceptors (Lipinski definition) is 3. The minimum Gasteiger partial charge on any atom is -0.391 e. The molecule has 26 heavy (non-hydrogen) atoms. The molecule has 0 unspecified atom stereocenters. The first-order valence-electron chi connectivity index (χ1n) is 8.60. The summed E-state index contributed by atoms with van der Waals surface area (Å²) in [5.41, 5.74) is 1.07. The molecule has 0 aliphatic heterocycles. The van der Waals surface area contributed by atoms with E-state index >= 15 is 0 Å². The number of rotatable bonds is 9. The third-order valence-corrected chi connectivity index (χ3v) is 5.98. The lowest BCUT2D eigenvalue weighted by molar-refractivity contribution is 0.167. The van der Waals surface area contributed by atoms with E-state index in [4.69, 9.17) is 11.6 Å². The zero-order valence-corrected chi connectivity index (χ0v) is 16.6. The fourth-order valence-electron chi connectivity index (χ4n) is 2.60. The Morgan fingerprint density at radius 2 is 1.65 bits per heavy atom. The van der Waals surface area contributed by atoms with E-state index in [1.807, 2.05) is 44.2 Å². The molecule has 1 N–H and O–H groups in total. The van der Waals surface area contributed by atoms with Crippen molar-refractivity contribution in [3.63, 3.8) is 0 Å². The van der Waals surface area contributed by atoms with Crippen molar-refractivity contribution in [3.05, 3.63) is 71.6 Å². The van der Waals surface area contributed by atoms with Gasteiger partial charge in [-0.05, 0) is 48.6 Å². The van der Waals surface area contributed by atoms with Crippen molar-refractivity contribution in [3.8, 4) is 0 Å². The topological polar surface area (TPSA) is 57.6 Å². The van der Waals surface area contributed by atoms with Crippen LogP contribution in [0, 0.1) is 12.3 Å². The summed E-state index contributed by atoms with van der Waals surface area (Å²) in [5.74, 6) is 0.137. The van der Waals surface area contributed by atoms with E-state index in [0.29, 0.717) is 18.0 Å². The molecule has 2 rings (SSSR count). The molecule has 0 aromatic heterocycles. The van der Waals surface area contributed by atoms with Crippen molar-refractivity contribution in [1.82, 2.24) is 4.31 Å². The van der Waals surface area contributed by atoms with Gasteiger partial charge in [-0.2, -0.15) is 4.31 Å². The van der Waals surface area contributed by atoms with E-state index in [1.165, 1.54) is 16.4 Å². The van der Waals surface area contributed by atoms with Gasteiger partial charge in [0.05, 0.1) is 11.0 Å². The molecular weight excluding hydrogens is 370 g/mol. The highest BCUT2D eigenvalue weighted by molar-refractivity contribution is 7.89. The Morgan fingerprint density at radius 3 is 2.23 bits per heavy atom. The van der Waals surface area contributed by atoms with Crippen LogP contribution in [0.25, 0.3) is 0 Å². The monoisotopic (exact) mass is 394 g/mol. The molecule has 0 saturated carbocycles. The van der Waals surface area contributed by atoms with Crippen LogP contribution in [-0.2, 0) is 16.4 Å². The second kappa shape index (κ2) is 9.51. The van der Waals surface area contributed by atoms with Crippen LogP contribution in [0.4, 0.5) is 0 Å². The summed E-state index contributed by atoms with van der Waals surface area (Å²) in [6, 6.07) is 15.8. The van der Waals surface area contributed by atoms with Gasteiger partial charge in [0, 0.05) is 18.1 Å². The third kappa shape index (κ3) is 6.09. The van der Waals surface area contributed by atoms with Crippen molar-refractivity contribution >= 4 is 21.6 Å². The minimum atomic E-state index is -3.70. The van der Waals surface area contributed by atoms with Crippen molar-refractivity contribution in [2.75, 3.05) is 13.1 Å². The molecule has 0 fully saturated rings. The Balaban J connectivity index is 2.09. The molecule has 0 amide bonds. The fourth-order valence-corrected chi connectivity index (χ4v) is 4.35. The zero-order valence-electron chi connectivity index (χ0n) is 15.0. The van der Waals surface area contributed by atoms with E-state index in [2.05, 4.69) is 0 Å². The van der Waals surface area contributed by atoms with Gasteiger partial charge < -0.3 is 5.11 Å². The molecule has 0 aliphatic carbocycles. The van der Waals surface area contributed by atoms with E-state index in [1.54, 1.807) is 18.6 Å². The summed E-state index contributed by atoms with van der Waals surface area (Å²) < 4.78 is 27.2. The smallest absolute Gasteiger partial charge is 0.243 e. The first-order valence-corrected chi connectivity index (χ1v) is 10.4. The first-order chi connectivity index (χ1) is 12.3. The summed E-state index contributed by atoms with van der Waals surface area (Å²) >= 11 is 5.86. The second-order valence-corrected chi connectivity index (χ2v) is 9.04. The van der Waals surface area contributed by atoms with Gasteiger partial charge in [0.1, 0.15) is 0 Å². The standard InChI is InChI=1S/C20H25ClNO3S/c1-16(2)14-22(26(24,25)20-12-9-18(21)10-13-20)15-19(23)11-8-17-6-4-3-5-7-17/h3-7,9-13,16,19,23H,8,14-15H2,1-2H3/t19-/m1/s1. The largest absolute Gasteiger partial charge is 0.391 e. The fraction of sp³-hybridized carbons (Fsp3) is 0.350. The molecule has 0 aliphatic rings. The van der Waals surface area contributed by atoms with Gasteiger partial charge in [-0.1, -0.05) is 55.8 Å². The maximum absolute atomic E-state index is 12.9. The molecule has 2 aromatic rings. The molecule has 1 radical (unpaired) electrons. The number of hydrogen-bond donors (Lipinski definition) is 1. The lowest BCUT2D eigenvalue weighted by Crippen LogP contribution is -2.40. The summed E-state index contributed by atoms with van der Waals surface area (Å²) in [7, 11) is -3.70. The normalized spacial score (nSPS) is 13.3. The molecular formula is C20H25ClNO3S. The lowest BCUT2D eigenvalue weighted by Gasteiger charge is -2.26. The maximum atomic E-state index is 12.9. The summed E-state index contributed by atoms with van der Waals surface area (Å²) in [5, 5.41) is 10.8. The Labute approximate surface area is 161 Å². The van der Waals surface area contributed by atoms with Crippen LogP contribution in [0.1, 0.15) is 19.4 Å². The van der Waals surface area contributed by atoms with Gasteiger partial charge in [-0.3, -0.25) is 0 Å². The van der Waals surface area contributed by atoms with Crippen LogP contribution in [-0.4, -0.2) is 37.0 Å². The number of aliphatic hydroxyl groups excluding tert-OH is 1. The van der Waals surface area contributed by atoms with Gasteiger partial charge in [0.15, 0.2) is 0 Å². The van der Waals surface area contributed by atoms with Crippen LogP contribution in [0.5, 0.6) is 0 Å². The van der Waals surface area contributed by atoms with Crippen molar-refractivity contribution in [1.29, 1.82) is 0 Å². The molecule has 0 saturated heterocycles. The Morgan fingerprint density at radius 1 is 1.04 bits per heavy atom. The van der Waals surface area contributed by atoms with Crippen LogP contribution in [0.3, 0.4) is 0 Å². The summed E-state index contributed by atoms with van der Waals surface area (Å²) in [6.45, 7) is 4.26. The average molecular weight is 395 g/mol. The van der Waals surface area contributed by atoms with Crippen LogP contribution >= 0.6 is 11.6 Å². The number of nitrogens with zero attached hydrogens (tertiary/aromatic N) is 1. The van der Waals surface area contributed by atoms with Crippen molar-refractivity contribution in [2.45, 2.75) is 31.3 Å².